The average Bonchev–Trinajstić information content (AvgIpc) is 2.95. The van der Waals surface area contributed by atoms with Crippen molar-refractivity contribution in [1.29, 1.82) is 0 Å². The standard InChI is InChI=1S/C12H23N3O/c1-9(13)12(16)15-6-2-3-11(15)8-14-7-10-4-5-10/h9-11,14H,2-8,13H2,1H3/t9-,11-/m0/s1. The molecule has 16 heavy (non-hydrogen) atoms. The lowest BCUT2D eigenvalue weighted by atomic mass is 10.2. The molecule has 2 aliphatic rings. The molecule has 4 heteroatoms. The minimum absolute atomic E-state index is 0.107. The first kappa shape index (κ1) is 11.9. The zero-order valence-electron chi connectivity index (χ0n) is 10.1. The summed E-state index contributed by atoms with van der Waals surface area (Å²) >= 11 is 0. The summed E-state index contributed by atoms with van der Waals surface area (Å²) in [6.45, 7) is 4.72. The molecule has 1 aliphatic carbocycles. The molecule has 2 atom stereocenters. The van der Waals surface area contributed by atoms with Crippen LogP contribution < -0.4 is 11.1 Å². The second-order valence-corrected chi connectivity index (χ2v) is 5.22. The van der Waals surface area contributed by atoms with Crippen LogP contribution in [-0.2, 0) is 4.79 Å². The number of hydrogen-bond acceptors (Lipinski definition) is 3. The number of hydrogen-bond donors (Lipinski definition) is 2. The Hall–Kier alpha value is -0.610. The first-order valence-corrected chi connectivity index (χ1v) is 6.45. The Morgan fingerprint density at radius 2 is 2.19 bits per heavy atom. The molecular formula is C12H23N3O. The van der Waals surface area contributed by atoms with Gasteiger partial charge in [-0.3, -0.25) is 4.79 Å². The third-order valence-corrected chi connectivity index (χ3v) is 3.56. The number of nitrogens with one attached hydrogen (secondary N) is 1. The van der Waals surface area contributed by atoms with Crippen molar-refractivity contribution in [2.24, 2.45) is 11.7 Å². The highest BCUT2D eigenvalue weighted by molar-refractivity contribution is 5.81. The summed E-state index contributed by atoms with van der Waals surface area (Å²) in [7, 11) is 0. The molecule has 0 bridgehead atoms. The summed E-state index contributed by atoms with van der Waals surface area (Å²) in [6.07, 6.45) is 4.99. The summed E-state index contributed by atoms with van der Waals surface area (Å²) in [6, 6.07) is 0.0151. The predicted octanol–water partition coefficient (Wildman–Crippen LogP) is 0.324. The number of nitrogens with zero attached hydrogens (tertiary/aromatic N) is 1. The topological polar surface area (TPSA) is 58.4 Å². The van der Waals surface area contributed by atoms with E-state index in [1.54, 1.807) is 6.92 Å². The lowest BCUT2D eigenvalue weighted by molar-refractivity contribution is -0.132. The zero-order chi connectivity index (χ0) is 11.5. The Bertz CT molecular complexity index is 251. The average molecular weight is 225 g/mol. The Kier molecular flexibility index (Phi) is 3.82. The molecule has 0 aromatic carbocycles. The molecule has 4 nitrogen and oxygen atoms in total. The summed E-state index contributed by atoms with van der Waals surface area (Å²) in [4.78, 5) is 13.8. The fourth-order valence-corrected chi connectivity index (χ4v) is 2.38. The molecule has 2 rings (SSSR count). The summed E-state index contributed by atoms with van der Waals surface area (Å²) in [5.41, 5.74) is 5.65. The highest BCUT2D eigenvalue weighted by atomic mass is 16.2. The molecule has 0 radical (unpaired) electrons. The van der Waals surface area contributed by atoms with Crippen LogP contribution in [0.1, 0.15) is 32.6 Å². The Balaban J connectivity index is 1.75. The van der Waals surface area contributed by atoms with Crippen molar-refractivity contribution in [3.8, 4) is 0 Å². The van der Waals surface area contributed by atoms with Crippen molar-refractivity contribution < 1.29 is 4.79 Å². The molecule has 0 spiro atoms. The van der Waals surface area contributed by atoms with Gasteiger partial charge in [0.15, 0.2) is 0 Å². The van der Waals surface area contributed by atoms with E-state index in [2.05, 4.69) is 5.32 Å². The molecule has 1 saturated heterocycles. The highest BCUT2D eigenvalue weighted by Gasteiger charge is 2.30. The van der Waals surface area contributed by atoms with Crippen molar-refractivity contribution in [1.82, 2.24) is 10.2 Å². The molecule has 1 amide bonds. The Morgan fingerprint density at radius 1 is 1.44 bits per heavy atom. The molecule has 0 unspecified atom stereocenters. The van der Waals surface area contributed by atoms with Gasteiger partial charge in [0, 0.05) is 19.1 Å². The van der Waals surface area contributed by atoms with Gasteiger partial charge in [-0.2, -0.15) is 0 Å². The molecule has 2 fully saturated rings. The maximum absolute atomic E-state index is 11.8. The van der Waals surface area contributed by atoms with E-state index in [1.165, 1.54) is 12.8 Å². The molecule has 1 aliphatic heterocycles. The van der Waals surface area contributed by atoms with Gasteiger partial charge in [-0.15, -0.1) is 0 Å². The van der Waals surface area contributed by atoms with Gasteiger partial charge < -0.3 is 16.0 Å². The van der Waals surface area contributed by atoms with Crippen molar-refractivity contribution >= 4 is 5.91 Å². The van der Waals surface area contributed by atoms with E-state index < -0.39 is 0 Å². The molecule has 1 heterocycles. The van der Waals surface area contributed by atoms with E-state index in [0.717, 1.165) is 38.4 Å². The van der Waals surface area contributed by atoms with E-state index in [0.29, 0.717) is 6.04 Å². The lowest BCUT2D eigenvalue weighted by Crippen LogP contribution is -2.47. The Morgan fingerprint density at radius 3 is 2.81 bits per heavy atom. The second-order valence-electron chi connectivity index (χ2n) is 5.22. The summed E-state index contributed by atoms with van der Waals surface area (Å²) in [5, 5.41) is 3.48. The molecule has 0 aromatic rings. The lowest BCUT2D eigenvalue weighted by Gasteiger charge is -2.26. The first-order chi connectivity index (χ1) is 7.68. The van der Waals surface area contributed by atoms with Crippen molar-refractivity contribution in [2.75, 3.05) is 19.6 Å². The van der Waals surface area contributed by atoms with Crippen molar-refractivity contribution in [3.05, 3.63) is 0 Å². The number of rotatable bonds is 5. The van der Waals surface area contributed by atoms with Gasteiger partial charge in [0.05, 0.1) is 6.04 Å². The van der Waals surface area contributed by atoms with Gasteiger partial charge in [-0.05, 0) is 45.1 Å². The monoisotopic (exact) mass is 225 g/mol. The maximum Gasteiger partial charge on any atom is 0.239 e. The van der Waals surface area contributed by atoms with Gasteiger partial charge in [0.2, 0.25) is 5.91 Å². The third-order valence-electron chi connectivity index (χ3n) is 3.56. The van der Waals surface area contributed by atoms with Crippen molar-refractivity contribution in [3.63, 3.8) is 0 Å². The van der Waals surface area contributed by atoms with Crippen LogP contribution in [0.5, 0.6) is 0 Å². The largest absolute Gasteiger partial charge is 0.337 e. The van der Waals surface area contributed by atoms with E-state index in [9.17, 15) is 4.79 Å². The number of nitrogens with two attached hydrogens (primary N) is 1. The summed E-state index contributed by atoms with van der Waals surface area (Å²) in [5.74, 6) is 1.01. The number of carbonyl (C=O) groups excluding carboxylic acids is 1. The summed E-state index contributed by atoms with van der Waals surface area (Å²) < 4.78 is 0. The van der Waals surface area contributed by atoms with Crippen LogP contribution in [0, 0.1) is 5.92 Å². The first-order valence-electron chi connectivity index (χ1n) is 6.45. The highest BCUT2D eigenvalue weighted by Crippen LogP contribution is 2.27. The van der Waals surface area contributed by atoms with Crippen LogP contribution in [0.25, 0.3) is 0 Å². The van der Waals surface area contributed by atoms with Gasteiger partial charge >= 0.3 is 0 Å². The van der Waals surface area contributed by atoms with E-state index in [4.69, 9.17) is 5.73 Å². The quantitative estimate of drug-likeness (QED) is 0.708. The number of likely N-dealkylation sites (tertiary alicyclic amines) is 1. The van der Waals surface area contributed by atoms with Gasteiger partial charge in [-0.1, -0.05) is 0 Å². The van der Waals surface area contributed by atoms with Gasteiger partial charge in [0.1, 0.15) is 0 Å². The third kappa shape index (κ3) is 2.95. The van der Waals surface area contributed by atoms with Crippen molar-refractivity contribution in [2.45, 2.75) is 44.7 Å². The van der Waals surface area contributed by atoms with Crippen LogP contribution in [0.15, 0.2) is 0 Å². The van der Waals surface area contributed by atoms with E-state index in [-0.39, 0.29) is 11.9 Å². The zero-order valence-corrected chi connectivity index (χ0v) is 10.1. The fourth-order valence-electron chi connectivity index (χ4n) is 2.38. The predicted molar refractivity (Wildman–Crippen MR) is 64.0 cm³/mol. The van der Waals surface area contributed by atoms with Crippen LogP contribution in [-0.4, -0.2) is 42.5 Å². The van der Waals surface area contributed by atoms with Crippen LogP contribution in [0.4, 0.5) is 0 Å². The normalized spacial score (nSPS) is 27.1. The van der Waals surface area contributed by atoms with E-state index in [1.807, 2.05) is 4.90 Å². The van der Waals surface area contributed by atoms with Gasteiger partial charge in [0.25, 0.3) is 0 Å². The minimum atomic E-state index is -0.357. The molecule has 0 aromatic heterocycles. The minimum Gasteiger partial charge on any atom is -0.337 e. The smallest absolute Gasteiger partial charge is 0.239 e. The number of carbonyl (C=O) groups is 1. The SMILES string of the molecule is C[C@H](N)C(=O)N1CCC[C@H]1CNCC1CC1. The fraction of sp³-hybridized carbons (Fsp3) is 0.917. The van der Waals surface area contributed by atoms with Gasteiger partial charge in [-0.25, -0.2) is 0 Å². The molecular weight excluding hydrogens is 202 g/mol. The van der Waals surface area contributed by atoms with Crippen LogP contribution >= 0.6 is 0 Å². The molecule has 92 valence electrons. The maximum atomic E-state index is 11.8. The molecule has 1 saturated carbocycles. The van der Waals surface area contributed by atoms with Crippen LogP contribution in [0.2, 0.25) is 0 Å². The van der Waals surface area contributed by atoms with Crippen LogP contribution in [0.3, 0.4) is 0 Å². The molecule has 3 N–H and O–H groups in total. The van der Waals surface area contributed by atoms with E-state index >= 15 is 0 Å². The Labute approximate surface area is 97.6 Å². The second kappa shape index (κ2) is 5.15. The number of amides is 1.